The molecule has 1 heterocycles. The number of benzene rings is 1. The van der Waals surface area contributed by atoms with Crippen molar-refractivity contribution in [3.63, 3.8) is 0 Å². The average Bonchev–Trinajstić information content (AvgIpc) is 2.68. The molecule has 0 atom stereocenters. The van der Waals surface area contributed by atoms with E-state index >= 15 is 0 Å². The minimum absolute atomic E-state index is 0.100. The topological polar surface area (TPSA) is 55.2 Å². The molecule has 0 bridgehead atoms. The molecule has 0 aliphatic heterocycles. The third kappa shape index (κ3) is 3.44. The highest BCUT2D eigenvalue weighted by molar-refractivity contribution is 7.71. The van der Waals surface area contributed by atoms with E-state index in [2.05, 4.69) is 20.0 Å². The van der Waals surface area contributed by atoms with Crippen LogP contribution in [0.2, 0.25) is 0 Å². The van der Waals surface area contributed by atoms with E-state index in [0.29, 0.717) is 10.6 Å². The van der Waals surface area contributed by atoms with Gasteiger partial charge in [-0.1, -0.05) is 0 Å². The number of nitrogens with zero attached hydrogens (tertiary/aromatic N) is 3. The minimum atomic E-state index is -2.83. The Bertz CT molecular complexity index is 633. The van der Waals surface area contributed by atoms with Crippen molar-refractivity contribution < 1.29 is 13.5 Å². The summed E-state index contributed by atoms with van der Waals surface area (Å²) in [7, 11) is 0. The van der Waals surface area contributed by atoms with Crippen LogP contribution in [0.25, 0.3) is 0 Å². The van der Waals surface area contributed by atoms with Crippen molar-refractivity contribution in [2.45, 2.75) is 13.5 Å². The molecule has 0 unspecified atom stereocenters. The number of alkyl halides is 2. The van der Waals surface area contributed by atoms with Gasteiger partial charge in [-0.05, 0) is 49.0 Å². The van der Waals surface area contributed by atoms with E-state index in [1.54, 1.807) is 25.3 Å². The zero-order chi connectivity index (χ0) is 13.8. The van der Waals surface area contributed by atoms with Gasteiger partial charge >= 0.3 is 6.61 Å². The van der Waals surface area contributed by atoms with Crippen LogP contribution in [0.3, 0.4) is 0 Å². The van der Waals surface area contributed by atoms with Crippen LogP contribution in [0, 0.1) is 11.7 Å². The molecule has 5 nitrogen and oxygen atoms in total. The molecule has 0 spiro atoms. The summed E-state index contributed by atoms with van der Waals surface area (Å²) in [5.41, 5.74) is 0.726. The summed E-state index contributed by atoms with van der Waals surface area (Å²) in [4.78, 5) is 0. The highest BCUT2D eigenvalue weighted by atomic mass is 32.1. The fourth-order valence-corrected chi connectivity index (χ4v) is 1.59. The molecular weight excluding hydrogens is 274 g/mol. The molecule has 0 aliphatic carbocycles. The van der Waals surface area contributed by atoms with Gasteiger partial charge in [0.05, 0.1) is 6.21 Å². The van der Waals surface area contributed by atoms with Crippen LogP contribution in [0.1, 0.15) is 11.4 Å². The number of halogens is 2. The van der Waals surface area contributed by atoms with Gasteiger partial charge in [0, 0.05) is 0 Å². The smallest absolute Gasteiger partial charge is 0.387 e. The lowest BCUT2D eigenvalue weighted by Gasteiger charge is -2.03. The summed E-state index contributed by atoms with van der Waals surface area (Å²) >= 11 is 4.98. The molecule has 2 aromatic rings. The number of aromatic amines is 1. The Morgan fingerprint density at radius 3 is 2.63 bits per heavy atom. The summed E-state index contributed by atoms with van der Waals surface area (Å²) in [6.45, 7) is -1.07. The van der Waals surface area contributed by atoms with E-state index in [0.717, 1.165) is 5.56 Å². The average molecular weight is 284 g/mol. The van der Waals surface area contributed by atoms with Crippen molar-refractivity contribution in [1.29, 1.82) is 0 Å². The Hall–Kier alpha value is -2.09. The molecule has 1 N–H and O–H groups in total. The lowest BCUT2D eigenvalue weighted by molar-refractivity contribution is -0.0498. The molecule has 0 radical (unpaired) electrons. The molecule has 0 amide bonds. The lowest BCUT2D eigenvalue weighted by atomic mass is 10.2. The maximum Gasteiger partial charge on any atom is 0.387 e. The van der Waals surface area contributed by atoms with Gasteiger partial charge in [-0.25, -0.2) is 0 Å². The lowest BCUT2D eigenvalue weighted by Crippen LogP contribution is -2.01. The molecule has 2 rings (SSSR count). The van der Waals surface area contributed by atoms with E-state index in [9.17, 15) is 8.78 Å². The number of hydrogen-bond acceptors (Lipinski definition) is 4. The van der Waals surface area contributed by atoms with Gasteiger partial charge in [-0.2, -0.15) is 23.7 Å². The fourth-order valence-electron chi connectivity index (χ4n) is 1.37. The van der Waals surface area contributed by atoms with Gasteiger partial charge in [-0.3, -0.25) is 5.10 Å². The van der Waals surface area contributed by atoms with Crippen molar-refractivity contribution in [3.05, 3.63) is 40.4 Å². The highest BCUT2D eigenvalue weighted by Gasteiger charge is 2.03. The molecule has 1 aromatic heterocycles. The Morgan fingerprint density at radius 2 is 2.11 bits per heavy atom. The van der Waals surface area contributed by atoms with Crippen LogP contribution in [0.4, 0.5) is 8.78 Å². The SMILES string of the molecule is Cc1n[nH]c(=S)n1/N=C\c1ccc(OC(F)F)cc1. The van der Waals surface area contributed by atoms with Crippen molar-refractivity contribution in [2.24, 2.45) is 5.10 Å². The largest absolute Gasteiger partial charge is 0.435 e. The van der Waals surface area contributed by atoms with Gasteiger partial charge < -0.3 is 4.74 Å². The summed E-state index contributed by atoms with van der Waals surface area (Å²) in [6.07, 6.45) is 1.55. The van der Waals surface area contributed by atoms with Crippen molar-refractivity contribution >= 4 is 18.4 Å². The van der Waals surface area contributed by atoms with E-state index in [1.807, 2.05) is 0 Å². The molecule has 19 heavy (non-hydrogen) atoms. The first-order valence-corrected chi connectivity index (χ1v) is 5.70. The van der Waals surface area contributed by atoms with Crippen molar-refractivity contribution in [1.82, 2.24) is 14.9 Å². The van der Waals surface area contributed by atoms with Crippen LogP contribution in [-0.4, -0.2) is 27.7 Å². The van der Waals surface area contributed by atoms with E-state index in [4.69, 9.17) is 12.2 Å². The fraction of sp³-hybridized carbons (Fsp3) is 0.182. The van der Waals surface area contributed by atoms with Crippen LogP contribution < -0.4 is 4.74 Å². The molecule has 1 aromatic carbocycles. The summed E-state index contributed by atoms with van der Waals surface area (Å²) in [5.74, 6) is 0.724. The number of H-pyrrole nitrogens is 1. The Labute approximate surface area is 112 Å². The predicted molar refractivity (Wildman–Crippen MR) is 68.2 cm³/mol. The summed E-state index contributed by atoms with van der Waals surface area (Å²) < 4.78 is 30.0. The maximum atomic E-state index is 12.0. The molecule has 8 heteroatoms. The first-order valence-electron chi connectivity index (χ1n) is 5.29. The highest BCUT2D eigenvalue weighted by Crippen LogP contribution is 2.14. The molecule has 100 valence electrons. The van der Waals surface area contributed by atoms with Crippen LogP contribution in [0.15, 0.2) is 29.4 Å². The summed E-state index contributed by atoms with van der Waals surface area (Å²) in [6, 6.07) is 6.10. The second-order valence-corrected chi connectivity index (χ2v) is 3.97. The zero-order valence-electron chi connectivity index (χ0n) is 9.88. The Kier molecular flexibility index (Phi) is 4.00. The van der Waals surface area contributed by atoms with Crippen LogP contribution in [-0.2, 0) is 0 Å². The van der Waals surface area contributed by atoms with Crippen molar-refractivity contribution in [3.8, 4) is 5.75 Å². The summed E-state index contributed by atoms with van der Waals surface area (Å²) in [5, 5.41) is 10.6. The minimum Gasteiger partial charge on any atom is -0.435 e. The third-order valence-electron chi connectivity index (χ3n) is 2.24. The second-order valence-electron chi connectivity index (χ2n) is 3.58. The number of aromatic nitrogens is 3. The Morgan fingerprint density at radius 1 is 1.42 bits per heavy atom. The van der Waals surface area contributed by atoms with Crippen molar-refractivity contribution in [2.75, 3.05) is 0 Å². The first-order chi connectivity index (χ1) is 9.06. The third-order valence-corrected chi connectivity index (χ3v) is 2.50. The quantitative estimate of drug-likeness (QED) is 0.693. The Balaban J connectivity index is 2.14. The number of rotatable bonds is 4. The standard InChI is InChI=1S/C11H10F2N4OS/c1-7-15-16-11(19)17(7)14-6-8-2-4-9(5-3-8)18-10(12)13/h2-6,10H,1H3,(H,16,19)/b14-6-. The number of aryl methyl sites for hydroxylation is 1. The molecular formula is C11H10F2N4OS. The van der Waals surface area contributed by atoms with E-state index in [-0.39, 0.29) is 5.75 Å². The molecule has 0 saturated heterocycles. The zero-order valence-corrected chi connectivity index (χ0v) is 10.7. The van der Waals surface area contributed by atoms with Gasteiger partial charge in [0.15, 0.2) is 0 Å². The number of hydrogen-bond donors (Lipinski definition) is 1. The van der Waals surface area contributed by atoms with Gasteiger partial charge in [0.25, 0.3) is 0 Å². The van der Waals surface area contributed by atoms with Gasteiger partial charge in [0.2, 0.25) is 4.77 Å². The normalized spacial score (nSPS) is 11.4. The first kappa shape index (κ1) is 13.3. The van der Waals surface area contributed by atoms with Gasteiger partial charge in [-0.15, -0.1) is 0 Å². The van der Waals surface area contributed by atoms with E-state index < -0.39 is 6.61 Å². The maximum absolute atomic E-state index is 12.0. The van der Waals surface area contributed by atoms with Crippen LogP contribution in [0.5, 0.6) is 5.75 Å². The molecule has 0 aliphatic rings. The second kappa shape index (κ2) is 5.70. The number of nitrogens with one attached hydrogen (secondary N) is 1. The van der Waals surface area contributed by atoms with Crippen LogP contribution >= 0.6 is 12.2 Å². The number of ether oxygens (including phenoxy) is 1. The van der Waals surface area contributed by atoms with Gasteiger partial charge in [0.1, 0.15) is 11.6 Å². The molecule has 0 saturated carbocycles. The van der Waals surface area contributed by atoms with E-state index in [1.165, 1.54) is 16.8 Å². The molecule has 0 fully saturated rings. The monoisotopic (exact) mass is 284 g/mol. The predicted octanol–water partition coefficient (Wildman–Crippen LogP) is 2.73.